The molecule has 12 heavy (non-hydrogen) atoms. The Morgan fingerprint density at radius 3 is 2.83 bits per heavy atom. The second-order valence-electron chi connectivity index (χ2n) is 2.78. The van der Waals surface area contributed by atoms with E-state index in [1.54, 1.807) is 12.5 Å². The lowest BCUT2D eigenvalue weighted by Crippen LogP contribution is -1.92. The Kier molecular flexibility index (Phi) is 1.50. The molecule has 3 heteroatoms. The number of aryl methyl sites for hydroxylation is 1. The van der Waals surface area contributed by atoms with Crippen LogP contribution >= 0.6 is 0 Å². The molecule has 2 aromatic heterocycles. The Hall–Kier alpha value is -1.51. The van der Waals surface area contributed by atoms with Crippen molar-refractivity contribution in [2.45, 2.75) is 6.92 Å². The number of hydrogen-bond donors (Lipinski definition) is 0. The summed E-state index contributed by atoms with van der Waals surface area (Å²) in [5.41, 5.74) is 3.36. The van der Waals surface area contributed by atoms with Gasteiger partial charge in [-0.25, -0.2) is 0 Å². The zero-order valence-electron chi connectivity index (χ0n) is 7.11. The lowest BCUT2D eigenvalue weighted by molar-refractivity contribution is 0.568. The van der Waals surface area contributed by atoms with E-state index in [0.29, 0.717) is 0 Å². The summed E-state index contributed by atoms with van der Waals surface area (Å²) in [6, 6.07) is 1.93. The van der Waals surface area contributed by atoms with E-state index in [4.69, 9.17) is 4.42 Å². The largest absolute Gasteiger partial charge is 0.472 e. The van der Waals surface area contributed by atoms with Gasteiger partial charge < -0.3 is 4.42 Å². The summed E-state index contributed by atoms with van der Waals surface area (Å²) in [6.07, 6.45) is 5.24. The van der Waals surface area contributed by atoms with Crippen LogP contribution in [0.5, 0.6) is 0 Å². The number of furan rings is 1. The van der Waals surface area contributed by atoms with Crippen LogP contribution in [0.15, 0.2) is 29.2 Å². The molecule has 2 heterocycles. The van der Waals surface area contributed by atoms with Crippen LogP contribution in [0, 0.1) is 6.92 Å². The summed E-state index contributed by atoms with van der Waals surface area (Å²) in [7, 11) is 1.93. The van der Waals surface area contributed by atoms with Crippen molar-refractivity contribution in [3.63, 3.8) is 0 Å². The highest BCUT2D eigenvalue weighted by Gasteiger charge is 2.06. The van der Waals surface area contributed by atoms with Gasteiger partial charge in [-0.1, -0.05) is 0 Å². The highest BCUT2D eigenvalue weighted by atomic mass is 16.3. The van der Waals surface area contributed by atoms with E-state index < -0.39 is 0 Å². The quantitative estimate of drug-likeness (QED) is 0.642. The fraction of sp³-hybridized carbons (Fsp3) is 0.222. The molecule has 0 aliphatic rings. The van der Waals surface area contributed by atoms with Crippen molar-refractivity contribution in [3.05, 3.63) is 30.5 Å². The van der Waals surface area contributed by atoms with Crippen molar-refractivity contribution in [2.75, 3.05) is 0 Å². The maximum Gasteiger partial charge on any atom is 0.0982 e. The fourth-order valence-electron chi connectivity index (χ4n) is 1.20. The average Bonchev–Trinajstić information content (AvgIpc) is 2.64. The summed E-state index contributed by atoms with van der Waals surface area (Å²) >= 11 is 0. The summed E-state index contributed by atoms with van der Waals surface area (Å²) < 4.78 is 6.85. The van der Waals surface area contributed by atoms with Crippen molar-refractivity contribution >= 4 is 0 Å². The first-order valence-electron chi connectivity index (χ1n) is 3.80. The normalized spacial score (nSPS) is 10.5. The van der Waals surface area contributed by atoms with Gasteiger partial charge in [0.15, 0.2) is 0 Å². The standard InChI is InChI=1S/C9H10N2O/c1-7-9(5-10-11(7)2)8-3-4-12-6-8/h3-6H,1-2H3. The molecule has 0 N–H and O–H groups in total. The second-order valence-corrected chi connectivity index (χ2v) is 2.78. The van der Waals surface area contributed by atoms with Crippen LogP contribution in [0.1, 0.15) is 5.69 Å². The van der Waals surface area contributed by atoms with Gasteiger partial charge in [0.2, 0.25) is 0 Å². The summed E-state index contributed by atoms with van der Waals surface area (Å²) in [4.78, 5) is 0. The van der Waals surface area contributed by atoms with Crippen molar-refractivity contribution in [1.29, 1.82) is 0 Å². The molecule has 0 unspecified atom stereocenters. The third kappa shape index (κ3) is 0.942. The van der Waals surface area contributed by atoms with Crippen molar-refractivity contribution < 1.29 is 4.42 Å². The van der Waals surface area contributed by atoms with Gasteiger partial charge >= 0.3 is 0 Å². The first-order valence-corrected chi connectivity index (χ1v) is 3.80. The zero-order valence-corrected chi connectivity index (χ0v) is 7.11. The van der Waals surface area contributed by atoms with Gasteiger partial charge in [0, 0.05) is 23.9 Å². The van der Waals surface area contributed by atoms with Crippen LogP contribution in [0.2, 0.25) is 0 Å². The minimum Gasteiger partial charge on any atom is -0.472 e. The van der Waals surface area contributed by atoms with Crippen LogP contribution in [0.25, 0.3) is 11.1 Å². The topological polar surface area (TPSA) is 31.0 Å². The Bertz CT molecular complexity index is 373. The molecule has 0 aromatic carbocycles. The summed E-state index contributed by atoms with van der Waals surface area (Å²) in [5.74, 6) is 0. The molecule has 0 amide bonds. The predicted octanol–water partition coefficient (Wildman–Crippen LogP) is 1.99. The van der Waals surface area contributed by atoms with Crippen LogP contribution < -0.4 is 0 Å². The molecule has 0 saturated carbocycles. The second kappa shape index (κ2) is 2.52. The van der Waals surface area contributed by atoms with Crippen molar-refractivity contribution in [1.82, 2.24) is 9.78 Å². The summed E-state index contributed by atoms with van der Waals surface area (Å²) in [5, 5.41) is 4.15. The first-order chi connectivity index (χ1) is 5.79. The minimum absolute atomic E-state index is 1.08. The molecule has 62 valence electrons. The molecule has 2 aromatic rings. The molecular formula is C9H10N2O. The van der Waals surface area contributed by atoms with E-state index in [-0.39, 0.29) is 0 Å². The monoisotopic (exact) mass is 162 g/mol. The molecule has 0 aliphatic carbocycles. The molecular weight excluding hydrogens is 152 g/mol. The minimum atomic E-state index is 1.08. The van der Waals surface area contributed by atoms with E-state index in [1.165, 1.54) is 0 Å². The third-order valence-corrected chi connectivity index (χ3v) is 2.07. The Labute approximate surface area is 70.6 Å². The fourth-order valence-corrected chi connectivity index (χ4v) is 1.20. The molecule has 3 nitrogen and oxygen atoms in total. The lowest BCUT2D eigenvalue weighted by Gasteiger charge is -1.95. The van der Waals surface area contributed by atoms with Crippen molar-refractivity contribution in [3.8, 4) is 11.1 Å². The van der Waals surface area contributed by atoms with E-state index in [9.17, 15) is 0 Å². The molecule has 0 saturated heterocycles. The lowest BCUT2D eigenvalue weighted by atomic mass is 10.1. The van der Waals surface area contributed by atoms with Crippen LogP contribution in [-0.4, -0.2) is 9.78 Å². The first kappa shape index (κ1) is 7.16. The van der Waals surface area contributed by atoms with Gasteiger partial charge in [0.1, 0.15) is 0 Å². The van der Waals surface area contributed by atoms with E-state index in [1.807, 2.05) is 30.9 Å². The number of nitrogens with zero attached hydrogens (tertiary/aromatic N) is 2. The molecule has 0 radical (unpaired) electrons. The van der Waals surface area contributed by atoms with Gasteiger partial charge in [0.25, 0.3) is 0 Å². The third-order valence-electron chi connectivity index (χ3n) is 2.07. The van der Waals surface area contributed by atoms with Gasteiger partial charge in [0.05, 0.1) is 18.7 Å². The van der Waals surface area contributed by atoms with Gasteiger partial charge in [-0.2, -0.15) is 5.10 Å². The van der Waals surface area contributed by atoms with Crippen LogP contribution in [0.4, 0.5) is 0 Å². The maximum atomic E-state index is 5.00. The maximum absolute atomic E-state index is 5.00. The molecule has 0 spiro atoms. The Morgan fingerprint density at radius 1 is 1.50 bits per heavy atom. The average molecular weight is 162 g/mol. The zero-order chi connectivity index (χ0) is 8.55. The smallest absolute Gasteiger partial charge is 0.0982 e. The molecule has 0 bridgehead atoms. The summed E-state index contributed by atoms with van der Waals surface area (Å²) in [6.45, 7) is 2.04. The SMILES string of the molecule is Cc1c(-c2ccoc2)cnn1C. The highest BCUT2D eigenvalue weighted by molar-refractivity contribution is 5.63. The van der Waals surface area contributed by atoms with Crippen LogP contribution in [0.3, 0.4) is 0 Å². The van der Waals surface area contributed by atoms with E-state index in [0.717, 1.165) is 16.8 Å². The predicted molar refractivity (Wildman–Crippen MR) is 45.6 cm³/mol. The molecule has 0 aliphatic heterocycles. The van der Waals surface area contributed by atoms with E-state index >= 15 is 0 Å². The van der Waals surface area contributed by atoms with Gasteiger partial charge in [-0.05, 0) is 13.0 Å². The number of rotatable bonds is 1. The van der Waals surface area contributed by atoms with Crippen LogP contribution in [-0.2, 0) is 7.05 Å². The van der Waals surface area contributed by atoms with Gasteiger partial charge in [-0.15, -0.1) is 0 Å². The Morgan fingerprint density at radius 2 is 2.33 bits per heavy atom. The highest BCUT2D eigenvalue weighted by Crippen LogP contribution is 2.22. The van der Waals surface area contributed by atoms with Gasteiger partial charge in [-0.3, -0.25) is 4.68 Å². The number of aromatic nitrogens is 2. The van der Waals surface area contributed by atoms with E-state index in [2.05, 4.69) is 5.10 Å². The van der Waals surface area contributed by atoms with Crippen molar-refractivity contribution in [2.24, 2.45) is 7.05 Å². The Balaban J connectivity index is 2.55. The molecule has 2 rings (SSSR count). The molecule has 0 atom stereocenters. The molecule has 0 fully saturated rings. The number of hydrogen-bond acceptors (Lipinski definition) is 2.